The molecule has 4 fully saturated rings. The van der Waals surface area contributed by atoms with Crippen molar-refractivity contribution in [2.45, 2.75) is 120 Å². The lowest BCUT2D eigenvalue weighted by Crippen LogP contribution is -2.38. The van der Waals surface area contributed by atoms with E-state index >= 15 is 0 Å². The Morgan fingerprint density at radius 1 is 0.714 bits per heavy atom. The predicted molar refractivity (Wildman–Crippen MR) is 181 cm³/mol. The van der Waals surface area contributed by atoms with E-state index in [9.17, 15) is 19.2 Å². The van der Waals surface area contributed by atoms with Gasteiger partial charge in [0, 0.05) is 49.2 Å². The van der Waals surface area contributed by atoms with E-state index in [1.165, 1.54) is 0 Å². The van der Waals surface area contributed by atoms with Crippen LogP contribution in [0.2, 0.25) is 0 Å². The molecule has 4 N–H and O–H groups in total. The molecule has 8 atom stereocenters. The number of carbonyl (C=O) groups excluding carboxylic acids is 4. The third-order valence-electron chi connectivity index (χ3n) is 11.3. The fourth-order valence-corrected chi connectivity index (χ4v) is 7.90. The molecule has 12 heteroatoms. The molecule has 6 rings (SSSR count). The zero-order chi connectivity index (χ0) is 34.8. The highest BCUT2D eigenvalue weighted by Gasteiger charge is 2.62. The van der Waals surface area contributed by atoms with Gasteiger partial charge in [-0.15, -0.1) is 0 Å². The topological polar surface area (TPSA) is 160 Å². The number of unbranched alkanes of at least 4 members (excludes halogenated alkanes) is 2. The Bertz CT molecular complexity index is 1320. The molecule has 0 unspecified atom stereocenters. The normalized spacial score (nSPS) is 37.3. The maximum Gasteiger partial charge on any atom is 0.334 e. The zero-order valence-electron chi connectivity index (χ0n) is 28.9. The van der Waals surface area contributed by atoms with Gasteiger partial charge in [0.25, 0.3) is 0 Å². The van der Waals surface area contributed by atoms with Crippen LogP contribution in [0.25, 0.3) is 0 Å². The van der Waals surface area contributed by atoms with Crippen molar-refractivity contribution in [2.75, 3.05) is 26.2 Å². The molecule has 4 aliphatic heterocycles. The van der Waals surface area contributed by atoms with Crippen LogP contribution < -0.4 is 21.3 Å². The number of rotatable bonds is 10. The molecule has 0 aromatic rings. The summed E-state index contributed by atoms with van der Waals surface area (Å²) in [5, 5.41) is 11.8. The first-order valence-corrected chi connectivity index (χ1v) is 18.0. The van der Waals surface area contributed by atoms with Crippen molar-refractivity contribution < 1.29 is 38.1 Å². The summed E-state index contributed by atoms with van der Waals surface area (Å²) in [4.78, 5) is 49.3. The van der Waals surface area contributed by atoms with Gasteiger partial charge in [-0.05, 0) is 84.5 Å². The lowest BCUT2D eigenvalue weighted by atomic mass is 9.84. The number of esters is 2. The molecule has 2 aliphatic carbocycles. The van der Waals surface area contributed by atoms with E-state index in [-0.39, 0.29) is 71.5 Å². The highest BCUT2D eigenvalue weighted by molar-refractivity contribution is 5.91. The van der Waals surface area contributed by atoms with Crippen LogP contribution in [0.3, 0.4) is 0 Å². The number of hydrogen-bond acceptors (Lipinski definition) is 8. The summed E-state index contributed by atoms with van der Waals surface area (Å²) in [7, 11) is 0. The van der Waals surface area contributed by atoms with Crippen molar-refractivity contribution in [3.63, 3.8) is 0 Å². The molecule has 4 amide bonds. The van der Waals surface area contributed by atoms with Crippen LogP contribution in [0.4, 0.5) is 9.59 Å². The summed E-state index contributed by atoms with van der Waals surface area (Å²) >= 11 is 0. The number of fused-ring (bicyclic) bond motifs is 6. The van der Waals surface area contributed by atoms with E-state index in [1.807, 2.05) is 0 Å². The second-order valence-corrected chi connectivity index (χ2v) is 14.9. The standard InChI is InChI=1S/C37H52N4O8/c1-22-26-14-12-24(10-8-16-36(3)30(48-36)28(26)46-32(22)42)20-40-34(44)38-18-6-5-7-19-39-35(45)41-21-25-11-9-17-37(4)31(49-37)29-27(15-13-25)23(2)33(43)47-29/h10-11,26-31H,1-2,5-9,12-21H2,3-4H3,(H2,38,40,44)(H2,39,41,45)/b24-10+,25-11+/t26-,27-,28-,29-,30-,31-,36+,37+/m0/s1. The summed E-state index contributed by atoms with van der Waals surface area (Å²) in [6.45, 7) is 14.1. The number of nitrogens with one attached hydrogen (secondary N) is 4. The third kappa shape index (κ3) is 8.23. The van der Waals surface area contributed by atoms with Crippen LogP contribution in [-0.4, -0.2) is 85.8 Å². The molecular weight excluding hydrogens is 628 g/mol. The van der Waals surface area contributed by atoms with E-state index in [2.05, 4.69) is 60.4 Å². The molecule has 0 saturated carbocycles. The summed E-state index contributed by atoms with van der Waals surface area (Å²) in [5.74, 6) is -0.786. The maximum atomic E-state index is 12.5. The fourth-order valence-electron chi connectivity index (χ4n) is 7.90. The SMILES string of the molecule is C=C1C(=O)O[C@H]2[C@H]1CC/C(CNC(=O)NCCCCCNC(=O)NC/C1=C/CC[C@@]3(C)O[C@H]3[C@H]3OC(=O)C(=C)[C@@H]3CC1)=C\CC[C@@]1(C)O[C@@H]21. The summed E-state index contributed by atoms with van der Waals surface area (Å²) in [6.07, 6.45) is 12.5. The van der Waals surface area contributed by atoms with Crippen molar-refractivity contribution in [3.8, 4) is 0 Å². The number of epoxide rings is 2. The van der Waals surface area contributed by atoms with Crippen LogP contribution in [-0.2, 0) is 28.5 Å². The Labute approximate surface area is 288 Å². The lowest BCUT2D eigenvalue weighted by molar-refractivity contribution is -0.140. The van der Waals surface area contributed by atoms with Crippen LogP contribution >= 0.6 is 0 Å². The summed E-state index contributed by atoms with van der Waals surface area (Å²) < 4.78 is 23.2. The third-order valence-corrected chi connectivity index (χ3v) is 11.3. The minimum Gasteiger partial charge on any atom is -0.455 e. The molecule has 0 aromatic carbocycles. The van der Waals surface area contributed by atoms with Gasteiger partial charge >= 0.3 is 24.0 Å². The van der Waals surface area contributed by atoms with Crippen LogP contribution in [0.1, 0.15) is 84.5 Å². The Morgan fingerprint density at radius 2 is 1.14 bits per heavy atom. The van der Waals surface area contributed by atoms with Crippen molar-refractivity contribution in [2.24, 2.45) is 11.8 Å². The van der Waals surface area contributed by atoms with E-state index in [0.717, 1.165) is 81.8 Å². The highest BCUT2D eigenvalue weighted by Crippen LogP contribution is 2.51. The molecule has 4 heterocycles. The Morgan fingerprint density at radius 3 is 1.57 bits per heavy atom. The average Bonchev–Trinajstić information content (AvgIpc) is 3.88. The number of carbonyl (C=O) groups is 4. The predicted octanol–water partition coefficient (Wildman–Crippen LogP) is 4.27. The minimum absolute atomic E-state index is 0.0657. The number of allylic oxidation sites excluding steroid dienone is 2. The number of hydrogen-bond donors (Lipinski definition) is 4. The molecule has 12 nitrogen and oxygen atoms in total. The van der Waals surface area contributed by atoms with Gasteiger partial charge in [0.1, 0.15) is 24.4 Å². The molecule has 268 valence electrons. The Hall–Kier alpha value is -3.64. The van der Waals surface area contributed by atoms with E-state index in [4.69, 9.17) is 18.9 Å². The molecule has 0 spiro atoms. The molecular formula is C37H52N4O8. The Balaban J connectivity index is 0.829. The first-order valence-electron chi connectivity index (χ1n) is 18.0. The molecule has 0 radical (unpaired) electrons. The van der Waals surface area contributed by atoms with Gasteiger partial charge in [-0.25, -0.2) is 19.2 Å². The van der Waals surface area contributed by atoms with Crippen LogP contribution in [0.15, 0.2) is 47.6 Å². The summed E-state index contributed by atoms with van der Waals surface area (Å²) in [6, 6.07) is -0.426. The second kappa shape index (κ2) is 14.7. The van der Waals surface area contributed by atoms with Crippen molar-refractivity contribution in [1.29, 1.82) is 0 Å². The minimum atomic E-state index is -0.327. The maximum absolute atomic E-state index is 12.5. The lowest BCUT2D eigenvalue weighted by Gasteiger charge is -2.20. The van der Waals surface area contributed by atoms with Crippen LogP contribution in [0, 0.1) is 11.8 Å². The molecule has 49 heavy (non-hydrogen) atoms. The highest BCUT2D eigenvalue weighted by atomic mass is 16.7. The number of amides is 4. The molecule has 6 aliphatic rings. The smallest absolute Gasteiger partial charge is 0.334 e. The largest absolute Gasteiger partial charge is 0.455 e. The molecule has 4 saturated heterocycles. The van der Waals surface area contributed by atoms with Gasteiger partial charge in [-0.2, -0.15) is 0 Å². The second-order valence-electron chi connectivity index (χ2n) is 14.9. The van der Waals surface area contributed by atoms with E-state index in [0.29, 0.717) is 37.3 Å². The number of ether oxygens (including phenoxy) is 4. The van der Waals surface area contributed by atoms with Crippen molar-refractivity contribution in [1.82, 2.24) is 21.3 Å². The fraction of sp³-hybridized carbons (Fsp3) is 0.676. The first kappa shape index (κ1) is 35.2. The molecule has 0 bridgehead atoms. The van der Waals surface area contributed by atoms with Gasteiger partial charge in [0.15, 0.2) is 0 Å². The van der Waals surface area contributed by atoms with E-state index < -0.39 is 0 Å². The zero-order valence-corrected chi connectivity index (χ0v) is 28.9. The number of urea groups is 2. The van der Waals surface area contributed by atoms with E-state index in [1.54, 1.807) is 0 Å². The summed E-state index contributed by atoms with van der Waals surface area (Å²) in [5.41, 5.74) is 2.73. The first-order chi connectivity index (χ1) is 23.5. The van der Waals surface area contributed by atoms with Gasteiger partial charge in [-0.1, -0.05) is 36.5 Å². The van der Waals surface area contributed by atoms with Gasteiger partial charge < -0.3 is 40.2 Å². The van der Waals surface area contributed by atoms with Crippen molar-refractivity contribution >= 4 is 24.0 Å². The monoisotopic (exact) mass is 680 g/mol. The van der Waals surface area contributed by atoms with Gasteiger partial charge in [-0.3, -0.25) is 0 Å². The average molecular weight is 681 g/mol. The quantitative estimate of drug-likeness (QED) is 0.0876. The van der Waals surface area contributed by atoms with Gasteiger partial charge in [0.05, 0.1) is 11.2 Å². The van der Waals surface area contributed by atoms with Crippen LogP contribution in [0.5, 0.6) is 0 Å². The van der Waals surface area contributed by atoms with Crippen molar-refractivity contribution in [3.05, 3.63) is 47.6 Å². The van der Waals surface area contributed by atoms with Gasteiger partial charge in [0.2, 0.25) is 0 Å². The molecule has 0 aromatic heterocycles. The Kier molecular flexibility index (Phi) is 10.5.